The van der Waals surface area contributed by atoms with Crippen molar-refractivity contribution in [3.05, 3.63) is 46.4 Å². The Morgan fingerprint density at radius 2 is 1.90 bits per heavy atom. The molecule has 0 bridgehead atoms. The standard InChI is InChI=1S/C18H23NOS/c1-18(9-3-2-4-10-18)13-20-16-7-5-15(6-8-16)11-17-12-19-14-21-17/h5-8,12,14H,2-4,9-11,13H2,1H3. The highest BCUT2D eigenvalue weighted by Gasteiger charge is 2.27. The highest BCUT2D eigenvalue weighted by molar-refractivity contribution is 7.09. The molecule has 0 N–H and O–H groups in total. The second-order valence-electron chi connectivity index (χ2n) is 6.45. The topological polar surface area (TPSA) is 22.1 Å². The minimum absolute atomic E-state index is 0.375. The van der Waals surface area contributed by atoms with Crippen LogP contribution in [0.3, 0.4) is 0 Å². The van der Waals surface area contributed by atoms with Crippen LogP contribution in [-0.4, -0.2) is 11.6 Å². The molecular weight excluding hydrogens is 278 g/mol. The van der Waals surface area contributed by atoms with Gasteiger partial charge >= 0.3 is 0 Å². The zero-order chi connectivity index (χ0) is 14.5. The molecule has 1 aromatic heterocycles. The fourth-order valence-corrected chi connectivity index (χ4v) is 3.67. The van der Waals surface area contributed by atoms with Crippen molar-refractivity contribution < 1.29 is 4.74 Å². The van der Waals surface area contributed by atoms with Gasteiger partial charge in [0, 0.05) is 22.9 Å². The van der Waals surface area contributed by atoms with E-state index in [-0.39, 0.29) is 0 Å². The number of hydrogen-bond acceptors (Lipinski definition) is 3. The van der Waals surface area contributed by atoms with Crippen molar-refractivity contribution in [2.24, 2.45) is 5.41 Å². The smallest absolute Gasteiger partial charge is 0.119 e. The molecule has 0 unspecified atom stereocenters. The third kappa shape index (κ3) is 4.07. The molecule has 3 rings (SSSR count). The first-order valence-electron chi connectivity index (χ1n) is 7.83. The Morgan fingerprint density at radius 1 is 1.14 bits per heavy atom. The van der Waals surface area contributed by atoms with Crippen molar-refractivity contribution >= 4 is 11.3 Å². The predicted octanol–water partition coefficient (Wildman–Crippen LogP) is 5.08. The van der Waals surface area contributed by atoms with Gasteiger partial charge < -0.3 is 4.74 Å². The van der Waals surface area contributed by atoms with Crippen LogP contribution in [-0.2, 0) is 6.42 Å². The SMILES string of the molecule is CC1(COc2ccc(Cc3cncs3)cc2)CCCCC1. The van der Waals surface area contributed by atoms with Crippen molar-refractivity contribution in [3.63, 3.8) is 0 Å². The molecule has 0 amide bonds. The van der Waals surface area contributed by atoms with E-state index in [1.165, 1.54) is 42.5 Å². The van der Waals surface area contributed by atoms with Gasteiger partial charge in [-0.2, -0.15) is 0 Å². The first-order valence-corrected chi connectivity index (χ1v) is 8.71. The number of hydrogen-bond donors (Lipinski definition) is 0. The van der Waals surface area contributed by atoms with Crippen molar-refractivity contribution in [1.29, 1.82) is 0 Å². The van der Waals surface area contributed by atoms with Gasteiger partial charge in [-0.1, -0.05) is 38.3 Å². The largest absolute Gasteiger partial charge is 0.493 e. The average molecular weight is 301 g/mol. The van der Waals surface area contributed by atoms with E-state index in [1.807, 2.05) is 11.7 Å². The van der Waals surface area contributed by atoms with Crippen molar-refractivity contribution in [1.82, 2.24) is 4.98 Å². The molecule has 3 heteroatoms. The second kappa shape index (κ2) is 6.61. The molecule has 0 saturated heterocycles. The number of nitrogens with zero attached hydrogens (tertiary/aromatic N) is 1. The normalized spacial score (nSPS) is 17.6. The molecule has 1 aliphatic carbocycles. The monoisotopic (exact) mass is 301 g/mol. The number of ether oxygens (including phenoxy) is 1. The summed E-state index contributed by atoms with van der Waals surface area (Å²) in [6, 6.07) is 8.53. The third-order valence-corrected chi connectivity index (χ3v) is 5.21. The maximum absolute atomic E-state index is 6.03. The Morgan fingerprint density at radius 3 is 2.57 bits per heavy atom. The summed E-state index contributed by atoms with van der Waals surface area (Å²) < 4.78 is 6.03. The number of rotatable bonds is 5. The van der Waals surface area contributed by atoms with E-state index in [1.54, 1.807) is 11.3 Å². The van der Waals surface area contributed by atoms with Gasteiger partial charge in [-0.3, -0.25) is 4.98 Å². The average Bonchev–Trinajstić information content (AvgIpc) is 3.00. The van der Waals surface area contributed by atoms with Crippen LogP contribution < -0.4 is 4.74 Å². The molecule has 1 heterocycles. The molecule has 21 heavy (non-hydrogen) atoms. The van der Waals surface area contributed by atoms with Gasteiger partial charge in [0.15, 0.2) is 0 Å². The molecule has 0 aliphatic heterocycles. The summed E-state index contributed by atoms with van der Waals surface area (Å²) in [5.41, 5.74) is 3.58. The van der Waals surface area contributed by atoms with E-state index in [9.17, 15) is 0 Å². The van der Waals surface area contributed by atoms with Gasteiger partial charge in [0.05, 0.1) is 12.1 Å². The molecule has 1 saturated carbocycles. The lowest BCUT2D eigenvalue weighted by molar-refractivity contribution is 0.116. The summed E-state index contributed by atoms with van der Waals surface area (Å²) in [7, 11) is 0. The fourth-order valence-electron chi connectivity index (χ4n) is 3.04. The number of benzene rings is 1. The molecule has 2 aromatic rings. The molecule has 1 aromatic carbocycles. The summed E-state index contributed by atoms with van der Waals surface area (Å²) in [4.78, 5) is 5.42. The zero-order valence-electron chi connectivity index (χ0n) is 12.7. The van der Waals surface area contributed by atoms with E-state index in [4.69, 9.17) is 4.74 Å². The van der Waals surface area contributed by atoms with Gasteiger partial charge in [0.25, 0.3) is 0 Å². The lowest BCUT2D eigenvalue weighted by Gasteiger charge is -2.33. The Hall–Kier alpha value is -1.35. The van der Waals surface area contributed by atoms with Gasteiger partial charge in [-0.15, -0.1) is 11.3 Å². The van der Waals surface area contributed by atoms with Gasteiger partial charge in [0.1, 0.15) is 5.75 Å². The lowest BCUT2D eigenvalue weighted by Crippen LogP contribution is -2.27. The Balaban J connectivity index is 1.54. The van der Waals surface area contributed by atoms with Crippen molar-refractivity contribution in [2.45, 2.75) is 45.4 Å². The van der Waals surface area contributed by atoms with E-state index in [0.29, 0.717) is 5.41 Å². The minimum atomic E-state index is 0.375. The van der Waals surface area contributed by atoms with E-state index in [0.717, 1.165) is 18.8 Å². The third-order valence-electron chi connectivity index (χ3n) is 4.43. The quantitative estimate of drug-likeness (QED) is 0.768. The first kappa shape index (κ1) is 14.6. The summed E-state index contributed by atoms with van der Waals surface area (Å²) in [5, 5.41) is 0. The van der Waals surface area contributed by atoms with Crippen LogP contribution >= 0.6 is 11.3 Å². The fraction of sp³-hybridized carbons (Fsp3) is 0.500. The van der Waals surface area contributed by atoms with Crippen LogP contribution in [0.5, 0.6) is 5.75 Å². The zero-order valence-corrected chi connectivity index (χ0v) is 13.5. The Labute approximate surface area is 131 Å². The molecular formula is C18H23NOS. The second-order valence-corrected chi connectivity index (χ2v) is 7.42. The van der Waals surface area contributed by atoms with Crippen LogP contribution in [0.4, 0.5) is 0 Å². The van der Waals surface area contributed by atoms with Gasteiger partial charge in [-0.25, -0.2) is 0 Å². The summed E-state index contributed by atoms with van der Waals surface area (Å²) >= 11 is 1.71. The highest BCUT2D eigenvalue weighted by Crippen LogP contribution is 2.36. The van der Waals surface area contributed by atoms with Crippen molar-refractivity contribution in [2.75, 3.05) is 6.61 Å². The first-order chi connectivity index (χ1) is 10.2. The summed E-state index contributed by atoms with van der Waals surface area (Å²) in [6.45, 7) is 3.21. The maximum atomic E-state index is 6.03. The molecule has 1 aliphatic rings. The minimum Gasteiger partial charge on any atom is -0.493 e. The van der Waals surface area contributed by atoms with Gasteiger partial charge in [-0.05, 0) is 30.5 Å². The Kier molecular flexibility index (Phi) is 4.59. The maximum Gasteiger partial charge on any atom is 0.119 e. The molecule has 0 atom stereocenters. The van der Waals surface area contributed by atoms with E-state index < -0.39 is 0 Å². The number of thiazole rings is 1. The summed E-state index contributed by atoms with van der Waals surface area (Å²) in [6.07, 6.45) is 9.61. The van der Waals surface area contributed by atoms with Crippen LogP contribution in [0, 0.1) is 5.41 Å². The van der Waals surface area contributed by atoms with Crippen molar-refractivity contribution in [3.8, 4) is 5.75 Å². The van der Waals surface area contributed by atoms with E-state index >= 15 is 0 Å². The molecule has 1 fully saturated rings. The lowest BCUT2D eigenvalue weighted by atomic mass is 9.76. The number of aromatic nitrogens is 1. The summed E-state index contributed by atoms with van der Waals surface area (Å²) in [5.74, 6) is 0.995. The van der Waals surface area contributed by atoms with Crippen LogP contribution in [0.1, 0.15) is 49.5 Å². The van der Waals surface area contributed by atoms with Crippen LogP contribution in [0.15, 0.2) is 36.0 Å². The van der Waals surface area contributed by atoms with Crippen LogP contribution in [0.2, 0.25) is 0 Å². The molecule has 112 valence electrons. The van der Waals surface area contributed by atoms with Gasteiger partial charge in [0.2, 0.25) is 0 Å². The molecule has 0 spiro atoms. The molecule has 0 radical (unpaired) electrons. The van der Waals surface area contributed by atoms with Crippen LogP contribution in [0.25, 0.3) is 0 Å². The predicted molar refractivity (Wildman–Crippen MR) is 88.0 cm³/mol. The van der Waals surface area contributed by atoms with E-state index in [2.05, 4.69) is 36.2 Å². The highest BCUT2D eigenvalue weighted by atomic mass is 32.1. The Bertz CT molecular complexity index is 541. The molecule has 2 nitrogen and oxygen atoms in total.